The van der Waals surface area contributed by atoms with E-state index in [1.54, 1.807) is 17.0 Å². The lowest BCUT2D eigenvalue weighted by Crippen LogP contribution is -2.42. The lowest BCUT2D eigenvalue weighted by molar-refractivity contribution is -0.135. The van der Waals surface area contributed by atoms with Crippen molar-refractivity contribution in [2.45, 2.75) is 25.7 Å². The van der Waals surface area contributed by atoms with Gasteiger partial charge in [0.05, 0.1) is 15.6 Å². The van der Waals surface area contributed by atoms with E-state index < -0.39 is 11.1 Å². The average Bonchev–Trinajstić information content (AvgIpc) is 2.95. The highest BCUT2D eigenvalue weighted by Gasteiger charge is 2.37. The molecule has 1 aromatic carbocycles. The second-order valence-corrected chi connectivity index (χ2v) is 9.25. The quantitative estimate of drug-likeness (QED) is 0.303. The molecule has 0 aromatic heterocycles. The molecule has 31 heavy (non-hydrogen) atoms. The number of ether oxygens (including phenoxy) is 2. The number of imide groups is 1. The number of amides is 3. The van der Waals surface area contributed by atoms with Crippen LogP contribution in [-0.4, -0.2) is 60.2 Å². The van der Waals surface area contributed by atoms with Gasteiger partial charge in [0.1, 0.15) is 13.2 Å². The minimum absolute atomic E-state index is 0.107. The summed E-state index contributed by atoms with van der Waals surface area (Å²) in [6.45, 7) is 1.24. The van der Waals surface area contributed by atoms with Gasteiger partial charge in [0.15, 0.2) is 11.5 Å². The number of hydrogen-bond donors (Lipinski definition) is 0. The van der Waals surface area contributed by atoms with Gasteiger partial charge in [-0.1, -0.05) is 18.8 Å². The molecule has 0 unspecified atom stereocenters. The Hall–Kier alpha value is -2.19. The minimum Gasteiger partial charge on any atom is -0.493 e. The largest absolute Gasteiger partial charge is 0.493 e. The fourth-order valence-electron chi connectivity index (χ4n) is 3.42. The lowest BCUT2D eigenvalue weighted by Gasteiger charge is -2.22. The van der Waals surface area contributed by atoms with Crippen LogP contribution in [0.4, 0.5) is 4.79 Å². The van der Waals surface area contributed by atoms with Gasteiger partial charge in [0, 0.05) is 13.1 Å². The predicted molar refractivity (Wildman–Crippen MR) is 128 cm³/mol. The standard InChI is InChI=1S/C22H23IN2O5S/c1-3-10-30-20-16(23)11-15(12-17(20)29-2)13-18-21(27)25(22(28)31-18)14-19(26)24-8-6-4-5-7-9-24/h1,11-13H,4-10,14H2,2H3. The number of halogens is 1. The van der Waals surface area contributed by atoms with Crippen LogP contribution in [0.5, 0.6) is 11.5 Å². The van der Waals surface area contributed by atoms with Gasteiger partial charge in [-0.05, 0) is 71.0 Å². The van der Waals surface area contributed by atoms with Crippen LogP contribution in [0.15, 0.2) is 17.0 Å². The van der Waals surface area contributed by atoms with E-state index in [9.17, 15) is 14.4 Å². The van der Waals surface area contributed by atoms with Crippen LogP contribution in [0, 0.1) is 15.9 Å². The zero-order chi connectivity index (χ0) is 22.4. The van der Waals surface area contributed by atoms with Crippen molar-refractivity contribution in [3.05, 3.63) is 26.2 Å². The summed E-state index contributed by atoms with van der Waals surface area (Å²) in [5.41, 5.74) is 0.679. The molecule has 2 heterocycles. The summed E-state index contributed by atoms with van der Waals surface area (Å²) in [5, 5.41) is -0.435. The third kappa shape index (κ3) is 5.74. The van der Waals surface area contributed by atoms with Crippen LogP contribution in [0.3, 0.4) is 0 Å². The summed E-state index contributed by atoms with van der Waals surface area (Å²) in [5.74, 6) is 2.77. The van der Waals surface area contributed by atoms with Crippen molar-refractivity contribution in [2.24, 2.45) is 0 Å². The highest BCUT2D eigenvalue weighted by Crippen LogP contribution is 2.37. The first-order valence-corrected chi connectivity index (χ1v) is 11.8. The molecule has 2 saturated heterocycles. The summed E-state index contributed by atoms with van der Waals surface area (Å²) in [7, 11) is 1.51. The van der Waals surface area contributed by atoms with E-state index in [4.69, 9.17) is 15.9 Å². The van der Waals surface area contributed by atoms with Crippen LogP contribution in [0.2, 0.25) is 0 Å². The maximum atomic E-state index is 12.8. The highest BCUT2D eigenvalue weighted by atomic mass is 127. The number of hydrogen-bond acceptors (Lipinski definition) is 6. The van der Waals surface area contributed by atoms with Gasteiger partial charge < -0.3 is 14.4 Å². The Morgan fingerprint density at radius 1 is 1.26 bits per heavy atom. The predicted octanol–water partition coefficient (Wildman–Crippen LogP) is 3.75. The zero-order valence-electron chi connectivity index (χ0n) is 17.2. The lowest BCUT2D eigenvalue weighted by atomic mass is 10.2. The normalized spacial score (nSPS) is 18.2. The molecule has 3 amide bonds. The van der Waals surface area contributed by atoms with Gasteiger partial charge in [-0.2, -0.15) is 0 Å². The van der Waals surface area contributed by atoms with Crippen molar-refractivity contribution < 1.29 is 23.9 Å². The Morgan fingerprint density at radius 2 is 1.97 bits per heavy atom. The Labute approximate surface area is 199 Å². The number of methoxy groups -OCH3 is 1. The van der Waals surface area contributed by atoms with Crippen LogP contribution in [-0.2, 0) is 9.59 Å². The second kappa shape index (κ2) is 10.9. The Morgan fingerprint density at radius 3 is 2.61 bits per heavy atom. The first-order valence-electron chi connectivity index (χ1n) is 9.91. The molecule has 3 rings (SSSR count). The number of benzene rings is 1. The molecule has 2 aliphatic heterocycles. The van der Waals surface area contributed by atoms with Crippen molar-refractivity contribution in [1.82, 2.24) is 9.80 Å². The molecule has 2 aliphatic rings. The van der Waals surface area contributed by atoms with Crippen LogP contribution < -0.4 is 9.47 Å². The molecule has 9 heteroatoms. The molecule has 0 saturated carbocycles. The second-order valence-electron chi connectivity index (χ2n) is 7.09. The maximum Gasteiger partial charge on any atom is 0.294 e. The maximum absolute atomic E-state index is 12.8. The van der Waals surface area contributed by atoms with Crippen LogP contribution in [0.25, 0.3) is 6.08 Å². The first-order chi connectivity index (χ1) is 14.9. The number of nitrogens with zero attached hydrogens (tertiary/aromatic N) is 2. The van der Waals surface area contributed by atoms with Crippen molar-refractivity contribution in [1.29, 1.82) is 0 Å². The van der Waals surface area contributed by atoms with E-state index >= 15 is 0 Å². The number of carbonyl (C=O) groups is 3. The molecule has 7 nitrogen and oxygen atoms in total. The number of likely N-dealkylation sites (tertiary alicyclic amines) is 1. The number of rotatable bonds is 6. The van der Waals surface area contributed by atoms with Crippen molar-refractivity contribution in [2.75, 3.05) is 33.4 Å². The molecule has 0 bridgehead atoms. The SMILES string of the molecule is C#CCOc1c(I)cc(C=C2SC(=O)N(CC(=O)N3CCCCCC3)C2=O)cc1OC. The summed E-state index contributed by atoms with van der Waals surface area (Å²) in [4.78, 5) is 40.9. The molecular formula is C22H23IN2O5S. The van der Waals surface area contributed by atoms with Crippen molar-refractivity contribution in [3.63, 3.8) is 0 Å². The topological polar surface area (TPSA) is 76.2 Å². The highest BCUT2D eigenvalue weighted by molar-refractivity contribution is 14.1. The van der Waals surface area contributed by atoms with Gasteiger partial charge in [-0.3, -0.25) is 19.3 Å². The van der Waals surface area contributed by atoms with E-state index in [1.807, 2.05) is 6.07 Å². The summed E-state index contributed by atoms with van der Waals surface area (Å²) in [6.07, 6.45) is 11.0. The van der Waals surface area contributed by atoms with E-state index in [0.717, 1.165) is 45.9 Å². The van der Waals surface area contributed by atoms with Gasteiger partial charge in [-0.15, -0.1) is 6.42 Å². The smallest absolute Gasteiger partial charge is 0.294 e. The molecule has 0 N–H and O–H groups in total. The third-order valence-corrected chi connectivity index (χ3v) is 6.68. The average molecular weight is 554 g/mol. The van der Waals surface area contributed by atoms with Crippen molar-refractivity contribution in [3.8, 4) is 23.8 Å². The Balaban J connectivity index is 1.76. The van der Waals surface area contributed by atoms with Gasteiger partial charge in [0.2, 0.25) is 5.91 Å². The van der Waals surface area contributed by atoms with E-state index in [0.29, 0.717) is 30.2 Å². The third-order valence-electron chi connectivity index (χ3n) is 4.98. The fraction of sp³-hybridized carbons (Fsp3) is 0.409. The Kier molecular flexibility index (Phi) is 8.26. The molecule has 0 aliphatic carbocycles. The minimum atomic E-state index is -0.459. The summed E-state index contributed by atoms with van der Waals surface area (Å²) in [6, 6.07) is 3.52. The zero-order valence-corrected chi connectivity index (χ0v) is 20.2. The van der Waals surface area contributed by atoms with E-state index in [-0.39, 0.29) is 24.0 Å². The van der Waals surface area contributed by atoms with Crippen LogP contribution in [0.1, 0.15) is 31.2 Å². The van der Waals surface area contributed by atoms with Crippen LogP contribution >= 0.6 is 34.4 Å². The molecular weight excluding hydrogens is 531 g/mol. The monoisotopic (exact) mass is 554 g/mol. The van der Waals surface area contributed by atoms with Gasteiger partial charge in [0.25, 0.3) is 11.1 Å². The molecule has 0 atom stereocenters. The fourth-order valence-corrected chi connectivity index (χ4v) is 5.04. The van der Waals surface area contributed by atoms with Gasteiger partial charge in [-0.25, -0.2) is 0 Å². The Bertz CT molecular complexity index is 948. The van der Waals surface area contributed by atoms with E-state index in [2.05, 4.69) is 28.5 Å². The summed E-state index contributed by atoms with van der Waals surface area (Å²) < 4.78 is 11.7. The molecule has 0 spiro atoms. The number of carbonyl (C=O) groups excluding carboxylic acids is 3. The molecule has 1 aromatic rings. The molecule has 2 fully saturated rings. The van der Waals surface area contributed by atoms with Gasteiger partial charge >= 0.3 is 0 Å². The van der Waals surface area contributed by atoms with Crippen molar-refractivity contribution >= 4 is 57.5 Å². The summed E-state index contributed by atoms with van der Waals surface area (Å²) >= 11 is 2.93. The number of terminal acetylenes is 1. The first kappa shape index (κ1) is 23.5. The molecule has 0 radical (unpaired) electrons. The van der Waals surface area contributed by atoms with E-state index in [1.165, 1.54) is 7.11 Å². The molecule has 164 valence electrons. The number of thioether (sulfide) groups is 1.